The summed E-state index contributed by atoms with van der Waals surface area (Å²) in [7, 11) is 0. The van der Waals surface area contributed by atoms with E-state index in [1.165, 1.54) is 0 Å². The second kappa shape index (κ2) is 6.32. The Morgan fingerprint density at radius 3 is 2.97 bits per heavy atom. The van der Waals surface area contributed by atoms with Crippen molar-refractivity contribution < 1.29 is 19.4 Å². The predicted molar refractivity (Wildman–Crippen MR) is 103 cm³/mol. The lowest BCUT2D eigenvalue weighted by atomic mass is 9.74. The molecule has 0 spiro atoms. The third kappa shape index (κ3) is 2.73. The summed E-state index contributed by atoms with van der Waals surface area (Å²) in [5.74, 6) is 3.65. The predicted octanol–water partition coefficient (Wildman–Crippen LogP) is 0.899. The van der Waals surface area contributed by atoms with Crippen LogP contribution in [0.2, 0.25) is 0 Å². The Hall–Kier alpha value is -2.87. The van der Waals surface area contributed by atoms with Crippen LogP contribution in [0, 0.1) is 11.8 Å². The molecule has 29 heavy (non-hydrogen) atoms. The number of anilines is 1. The van der Waals surface area contributed by atoms with Crippen molar-refractivity contribution in [3.8, 4) is 11.5 Å². The number of benzene rings is 1. The van der Waals surface area contributed by atoms with Gasteiger partial charge >= 0.3 is 0 Å². The summed E-state index contributed by atoms with van der Waals surface area (Å²) in [4.78, 5) is 24.3. The number of nitrogens with one attached hydrogen (secondary N) is 1. The van der Waals surface area contributed by atoms with E-state index in [1.54, 1.807) is 0 Å². The number of rotatable bonds is 3. The average molecular weight is 394 g/mol. The molecule has 2 N–H and O–H groups in total. The minimum absolute atomic E-state index is 0.135. The largest absolute Gasteiger partial charge is 0.454 e. The molecule has 4 aliphatic rings. The molecule has 4 heterocycles. The molecule has 0 bridgehead atoms. The summed E-state index contributed by atoms with van der Waals surface area (Å²) in [5, 5.41) is 12.9. The van der Waals surface area contributed by atoms with Crippen molar-refractivity contribution in [3.63, 3.8) is 0 Å². The van der Waals surface area contributed by atoms with Gasteiger partial charge in [0.05, 0.1) is 6.10 Å². The number of aliphatic hydroxyl groups is 1. The van der Waals surface area contributed by atoms with Crippen molar-refractivity contribution >= 4 is 11.7 Å². The van der Waals surface area contributed by atoms with Crippen LogP contribution in [-0.2, 0) is 12.8 Å². The fourth-order valence-corrected chi connectivity index (χ4v) is 4.94. The normalized spacial score (nSPS) is 26.6. The quantitative estimate of drug-likeness (QED) is 0.798. The van der Waals surface area contributed by atoms with Gasteiger partial charge in [-0.2, -0.15) is 0 Å². The molecule has 3 atom stereocenters. The van der Waals surface area contributed by atoms with E-state index in [0.717, 1.165) is 54.4 Å². The molecule has 3 aliphatic heterocycles. The molecule has 2 aromatic rings. The monoisotopic (exact) mass is 394 g/mol. The molecular weight excluding hydrogens is 372 g/mol. The summed E-state index contributed by atoms with van der Waals surface area (Å²) < 4.78 is 10.9. The highest BCUT2D eigenvalue weighted by atomic mass is 16.7. The van der Waals surface area contributed by atoms with Crippen LogP contribution in [0.5, 0.6) is 11.5 Å². The number of fused-ring (bicyclic) bond motifs is 3. The zero-order chi connectivity index (χ0) is 19.5. The number of hydrogen-bond acceptors (Lipinski definition) is 7. The Morgan fingerprint density at radius 1 is 1.21 bits per heavy atom. The van der Waals surface area contributed by atoms with Crippen LogP contribution in [0.25, 0.3) is 0 Å². The number of ether oxygens (including phenoxy) is 2. The minimum Gasteiger partial charge on any atom is -0.454 e. The molecule has 1 aromatic heterocycles. The van der Waals surface area contributed by atoms with Crippen molar-refractivity contribution in [3.05, 3.63) is 40.8 Å². The van der Waals surface area contributed by atoms with E-state index in [4.69, 9.17) is 14.5 Å². The van der Waals surface area contributed by atoms with Crippen molar-refractivity contribution in [2.45, 2.75) is 25.4 Å². The lowest BCUT2D eigenvalue weighted by Gasteiger charge is -2.34. The van der Waals surface area contributed by atoms with Crippen molar-refractivity contribution in [2.75, 3.05) is 31.3 Å². The highest BCUT2D eigenvalue weighted by Gasteiger charge is 2.47. The van der Waals surface area contributed by atoms with Gasteiger partial charge in [0, 0.05) is 37.5 Å². The first kappa shape index (κ1) is 17.0. The maximum atomic E-state index is 12.5. The summed E-state index contributed by atoms with van der Waals surface area (Å²) >= 11 is 0. The standard InChI is InChI=1S/C21H22N4O4/c26-15-7-12-8-25(9-14(12)15)20-13-3-4-22-21(27)19(13)23-18(24-20)6-11-1-2-16-17(5-11)29-10-28-16/h1-2,5,12,14-15,26H,3-4,6-10H2,(H,22,27)/t12-,14+,15+/m0/s1. The third-order valence-corrected chi connectivity index (χ3v) is 6.54. The Balaban J connectivity index is 1.36. The highest BCUT2D eigenvalue weighted by Crippen LogP contribution is 2.43. The van der Waals surface area contributed by atoms with Crippen LogP contribution in [0.15, 0.2) is 18.2 Å². The van der Waals surface area contributed by atoms with Gasteiger partial charge in [0.15, 0.2) is 11.5 Å². The van der Waals surface area contributed by atoms with Gasteiger partial charge in [-0.25, -0.2) is 9.97 Å². The van der Waals surface area contributed by atoms with Crippen LogP contribution in [0.4, 0.5) is 5.82 Å². The molecule has 150 valence electrons. The van der Waals surface area contributed by atoms with Crippen LogP contribution in [-0.4, -0.2) is 53.5 Å². The lowest BCUT2D eigenvalue weighted by Crippen LogP contribution is -2.39. The Kier molecular flexibility index (Phi) is 3.71. The summed E-state index contributed by atoms with van der Waals surface area (Å²) in [6.45, 7) is 2.52. The van der Waals surface area contributed by atoms with Crippen molar-refractivity contribution in [2.24, 2.45) is 11.8 Å². The molecule has 0 unspecified atom stereocenters. The zero-order valence-electron chi connectivity index (χ0n) is 15.9. The van der Waals surface area contributed by atoms with E-state index >= 15 is 0 Å². The molecule has 1 amide bonds. The molecule has 8 nitrogen and oxygen atoms in total. The molecule has 1 aromatic carbocycles. The topological polar surface area (TPSA) is 96.8 Å². The van der Waals surface area contributed by atoms with Gasteiger partial charge in [-0.1, -0.05) is 6.07 Å². The Morgan fingerprint density at radius 2 is 2.10 bits per heavy atom. The maximum Gasteiger partial charge on any atom is 0.270 e. The second-order valence-corrected chi connectivity index (χ2v) is 8.29. The van der Waals surface area contributed by atoms with Gasteiger partial charge in [-0.05, 0) is 36.5 Å². The first-order chi connectivity index (χ1) is 14.2. The number of aromatic nitrogens is 2. The van der Waals surface area contributed by atoms with Gasteiger partial charge in [0.1, 0.15) is 17.3 Å². The number of nitrogens with zero attached hydrogens (tertiary/aromatic N) is 3. The van der Waals surface area contributed by atoms with Gasteiger partial charge in [0.25, 0.3) is 5.91 Å². The molecule has 1 saturated heterocycles. The minimum atomic E-state index is -0.209. The first-order valence-corrected chi connectivity index (χ1v) is 10.2. The maximum absolute atomic E-state index is 12.5. The Bertz CT molecular complexity index is 1010. The number of hydrogen-bond donors (Lipinski definition) is 2. The van der Waals surface area contributed by atoms with Crippen molar-refractivity contribution in [1.29, 1.82) is 0 Å². The molecule has 1 saturated carbocycles. The van der Waals surface area contributed by atoms with Crippen LogP contribution >= 0.6 is 0 Å². The molecule has 1 aliphatic carbocycles. The molecular formula is C21H22N4O4. The van der Waals surface area contributed by atoms with E-state index in [9.17, 15) is 9.90 Å². The lowest BCUT2D eigenvalue weighted by molar-refractivity contribution is -0.00399. The van der Waals surface area contributed by atoms with Gasteiger partial charge in [0.2, 0.25) is 6.79 Å². The van der Waals surface area contributed by atoms with Crippen LogP contribution in [0.1, 0.15) is 33.9 Å². The third-order valence-electron chi connectivity index (χ3n) is 6.54. The number of amides is 1. The van der Waals surface area contributed by atoms with E-state index in [-0.39, 0.29) is 18.8 Å². The highest BCUT2D eigenvalue weighted by molar-refractivity contribution is 5.96. The number of aliphatic hydroxyl groups excluding tert-OH is 1. The van der Waals surface area contributed by atoms with Gasteiger partial charge in [-0.15, -0.1) is 0 Å². The molecule has 6 rings (SSSR count). The number of carbonyl (C=O) groups excluding carboxylic acids is 1. The summed E-state index contributed by atoms with van der Waals surface area (Å²) in [6.07, 6.45) is 1.89. The van der Waals surface area contributed by atoms with E-state index in [0.29, 0.717) is 36.3 Å². The zero-order valence-corrected chi connectivity index (χ0v) is 15.9. The molecule has 0 radical (unpaired) electrons. The van der Waals surface area contributed by atoms with Crippen molar-refractivity contribution in [1.82, 2.24) is 15.3 Å². The van der Waals surface area contributed by atoms with Gasteiger partial charge < -0.3 is 24.8 Å². The fourth-order valence-electron chi connectivity index (χ4n) is 4.94. The van der Waals surface area contributed by atoms with E-state index in [2.05, 4.69) is 15.2 Å². The fraction of sp³-hybridized carbons (Fsp3) is 0.476. The molecule has 2 fully saturated rings. The first-order valence-electron chi connectivity index (χ1n) is 10.2. The van der Waals surface area contributed by atoms with Crippen LogP contribution < -0.4 is 19.7 Å². The molecule has 8 heteroatoms. The average Bonchev–Trinajstić information content (AvgIpc) is 3.31. The summed E-state index contributed by atoms with van der Waals surface area (Å²) in [6, 6.07) is 5.81. The van der Waals surface area contributed by atoms with E-state index < -0.39 is 0 Å². The smallest absolute Gasteiger partial charge is 0.270 e. The van der Waals surface area contributed by atoms with E-state index in [1.807, 2.05) is 18.2 Å². The SMILES string of the molecule is O=C1NCCc2c1nc(Cc1ccc3c(c1)OCO3)nc2N1C[C@@H]2C[C@@H](O)[C@@H]2C1. The number of carbonyl (C=O) groups is 1. The van der Waals surface area contributed by atoms with Gasteiger partial charge in [-0.3, -0.25) is 4.79 Å². The second-order valence-electron chi connectivity index (χ2n) is 8.29. The Labute approximate surface area is 167 Å². The summed E-state index contributed by atoms with van der Waals surface area (Å²) in [5.41, 5.74) is 2.42. The van der Waals surface area contributed by atoms with Crippen LogP contribution in [0.3, 0.4) is 0 Å².